The van der Waals surface area contributed by atoms with Gasteiger partial charge in [-0.15, -0.1) is 0 Å². The minimum atomic E-state index is -3.48. The summed E-state index contributed by atoms with van der Waals surface area (Å²) in [6.07, 6.45) is 2.95. The SMILES string of the molecule is CCc1ncc(S(=O)(=O)NCC(C)(C)CCBr)[nH]1. The van der Waals surface area contributed by atoms with E-state index in [0.717, 1.165) is 11.8 Å². The number of hydrogen-bond donors (Lipinski definition) is 2. The molecule has 0 saturated carbocycles. The molecule has 0 aliphatic heterocycles. The fourth-order valence-electron chi connectivity index (χ4n) is 1.37. The second kappa shape index (κ2) is 6.16. The van der Waals surface area contributed by atoms with Crippen LogP contribution >= 0.6 is 15.9 Å². The van der Waals surface area contributed by atoms with E-state index in [0.29, 0.717) is 18.8 Å². The molecule has 0 radical (unpaired) electrons. The largest absolute Gasteiger partial charge is 0.332 e. The lowest BCUT2D eigenvalue weighted by molar-refractivity contribution is 0.354. The molecule has 0 saturated heterocycles. The van der Waals surface area contributed by atoms with Gasteiger partial charge in [-0.05, 0) is 11.8 Å². The summed E-state index contributed by atoms with van der Waals surface area (Å²) in [5, 5.41) is 0.986. The van der Waals surface area contributed by atoms with E-state index in [-0.39, 0.29) is 10.4 Å². The Labute approximate surface area is 117 Å². The number of hydrogen-bond acceptors (Lipinski definition) is 3. The highest BCUT2D eigenvalue weighted by Crippen LogP contribution is 2.21. The summed E-state index contributed by atoms with van der Waals surface area (Å²) in [6, 6.07) is 0. The molecule has 0 amide bonds. The van der Waals surface area contributed by atoms with Crippen molar-refractivity contribution in [2.45, 2.75) is 38.6 Å². The van der Waals surface area contributed by atoms with Gasteiger partial charge in [-0.25, -0.2) is 18.1 Å². The fraction of sp³-hybridized carbons (Fsp3) is 0.727. The molecule has 0 bridgehead atoms. The molecule has 0 spiro atoms. The zero-order valence-electron chi connectivity index (χ0n) is 11.0. The van der Waals surface area contributed by atoms with E-state index in [2.05, 4.69) is 30.6 Å². The van der Waals surface area contributed by atoms with Crippen molar-refractivity contribution in [3.63, 3.8) is 0 Å². The third kappa shape index (κ3) is 4.37. The number of halogens is 1. The molecule has 0 atom stereocenters. The summed E-state index contributed by atoms with van der Waals surface area (Å²) in [5.74, 6) is 0.676. The molecule has 0 unspecified atom stereocenters. The van der Waals surface area contributed by atoms with Crippen LogP contribution in [-0.2, 0) is 16.4 Å². The van der Waals surface area contributed by atoms with Crippen LogP contribution < -0.4 is 4.72 Å². The van der Waals surface area contributed by atoms with Gasteiger partial charge in [-0.2, -0.15) is 0 Å². The molecule has 1 rings (SSSR count). The molecule has 18 heavy (non-hydrogen) atoms. The zero-order valence-corrected chi connectivity index (χ0v) is 13.4. The van der Waals surface area contributed by atoms with Crippen LogP contribution in [0.3, 0.4) is 0 Å². The third-order valence-electron chi connectivity index (χ3n) is 2.74. The monoisotopic (exact) mass is 337 g/mol. The van der Waals surface area contributed by atoms with Gasteiger partial charge in [0, 0.05) is 18.3 Å². The van der Waals surface area contributed by atoms with Crippen molar-refractivity contribution in [2.24, 2.45) is 5.41 Å². The summed E-state index contributed by atoms with van der Waals surface area (Å²) in [5.41, 5.74) is -0.0792. The Hall–Kier alpha value is -0.400. The Morgan fingerprint density at radius 1 is 1.50 bits per heavy atom. The average molecular weight is 338 g/mol. The third-order valence-corrected chi connectivity index (χ3v) is 4.45. The average Bonchev–Trinajstić information content (AvgIpc) is 2.76. The normalized spacial score (nSPS) is 12.9. The van der Waals surface area contributed by atoms with Crippen molar-refractivity contribution in [2.75, 3.05) is 11.9 Å². The van der Waals surface area contributed by atoms with Gasteiger partial charge in [-0.3, -0.25) is 0 Å². The quantitative estimate of drug-likeness (QED) is 0.748. The number of imidazole rings is 1. The maximum Gasteiger partial charge on any atom is 0.257 e. The van der Waals surface area contributed by atoms with Gasteiger partial charge in [0.25, 0.3) is 10.0 Å². The van der Waals surface area contributed by atoms with Crippen LogP contribution in [0.15, 0.2) is 11.2 Å². The van der Waals surface area contributed by atoms with Crippen molar-refractivity contribution in [3.05, 3.63) is 12.0 Å². The lowest BCUT2D eigenvalue weighted by Gasteiger charge is -2.23. The standard InChI is InChI=1S/C11H20BrN3O2S/c1-4-9-13-7-10(15-9)18(16,17)14-8-11(2,3)5-6-12/h7,14H,4-6,8H2,1-3H3,(H,13,15). The second-order valence-electron chi connectivity index (χ2n) is 4.98. The van der Waals surface area contributed by atoms with E-state index in [1.807, 2.05) is 20.8 Å². The highest BCUT2D eigenvalue weighted by molar-refractivity contribution is 9.09. The summed E-state index contributed by atoms with van der Waals surface area (Å²) in [6.45, 7) is 6.38. The number of aryl methyl sites for hydroxylation is 1. The number of aromatic nitrogens is 2. The highest BCUT2D eigenvalue weighted by atomic mass is 79.9. The summed E-state index contributed by atoms with van der Waals surface area (Å²) in [4.78, 5) is 6.80. The maximum atomic E-state index is 12.0. The summed E-state index contributed by atoms with van der Waals surface area (Å²) in [7, 11) is -3.48. The van der Waals surface area contributed by atoms with Crippen molar-refractivity contribution in [1.29, 1.82) is 0 Å². The summed E-state index contributed by atoms with van der Waals surface area (Å²) >= 11 is 3.37. The lowest BCUT2D eigenvalue weighted by atomic mass is 9.91. The number of alkyl halides is 1. The Morgan fingerprint density at radius 2 is 2.17 bits per heavy atom. The van der Waals surface area contributed by atoms with Crippen LogP contribution in [0.1, 0.15) is 33.0 Å². The molecule has 7 heteroatoms. The van der Waals surface area contributed by atoms with Gasteiger partial charge in [0.15, 0.2) is 5.03 Å². The van der Waals surface area contributed by atoms with Crippen molar-refractivity contribution < 1.29 is 8.42 Å². The van der Waals surface area contributed by atoms with Crippen LogP contribution in [0, 0.1) is 5.41 Å². The molecule has 0 aromatic carbocycles. The van der Waals surface area contributed by atoms with Gasteiger partial charge in [0.2, 0.25) is 0 Å². The van der Waals surface area contributed by atoms with E-state index in [9.17, 15) is 8.42 Å². The first-order valence-electron chi connectivity index (χ1n) is 5.90. The predicted molar refractivity (Wildman–Crippen MR) is 75.3 cm³/mol. The van der Waals surface area contributed by atoms with Crippen molar-refractivity contribution in [1.82, 2.24) is 14.7 Å². The van der Waals surface area contributed by atoms with Gasteiger partial charge in [-0.1, -0.05) is 36.7 Å². The van der Waals surface area contributed by atoms with Crippen LogP contribution in [0.2, 0.25) is 0 Å². The molecule has 104 valence electrons. The molecule has 1 heterocycles. The highest BCUT2D eigenvalue weighted by Gasteiger charge is 2.23. The van der Waals surface area contributed by atoms with E-state index in [1.165, 1.54) is 6.20 Å². The summed E-state index contributed by atoms with van der Waals surface area (Å²) < 4.78 is 26.7. The van der Waals surface area contributed by atoms with Crippen molar-refractivity contribution >= 4 is 26.0 Å². The number of rotatable bonds is 7. The molecule has 1 aromatic heterocycles. The molecule has 0 fully saturated rings. The van der Waals surface area contributed by atoms with Gasteiger partial charge < -0.3 is 4.98 Å². The zero-order chi connectivity index (χ0) is 13.8. The molecular formula is C11H20BrN3O2S. The first-order valence-corrected chi connectivity index (χ1v) is 8.51. The Bertz CT molecular complexity index is 482. The minimum Gasteiger partial charge on any atom is -0.332 e. The topological polar surface area (TPSA) is 74.8 Å². The minimum absolute atomic E-state index is 0.0792. The van der Waals surface area contributed by atoms with E-state index >= 15 is 0 Å². The Balaban J connectivity index is 2.71. The first-order chi connectivity index (χ1) is 8.30. The Kier molecular flexibility index (Phi) is 5.36. The van der Waals surface area contributed by atoms with Crippen LogP contribution in [-0.4, -0.2) is 30.3 Å². The number of nitrogens with zero attached hydrogens (tertiary/aromatic N) is 1. The first kappa shape index (κ1) is 15.7. The van der Waals surface area contributed by atoms with Gasteiger partial charge >= 0.3 is 0 Å². The second-order valence-corrected chi connectivity index (χ2v) is 7.50. The smallest absolute Gasteiger partial charge is 0.257 e. The molecule has 5 nitrogen and oxygen atoms in total. The van der Waals surface area contributed by atoms with Gasteiger partial charge in [0.1, 0.15) is 5.82 Å². The molecule has 0 aliphatic carbocycles. The Morgan fingerprint density at radius 3 is 2.67 bits per heavy atom. The van der Waals surface area contributed by atoms with E-state index < -0.39 is 10.0 Å². The molecule has 1 aromatic rings. The lowest BCUT2D eigenvalue weighted by Crippen LogP contribution is -2.34. The van der Waals surface area contributed by atoms with E-state index in [4.69, 9.17) is 0 Å². The fourth-order valence-corrected chi connectivity index (χ4v) is 3.63. The number of nitrogens with one attached hydrogen (secondary N) is 2. The van der Waals surface area contributed by atoms with Crippen molar-refractivity contribution in [3.8, 4) is 0 Å². The van der Waals surface area contributed by atoms with Crippen LogP contribution in [0.25, 0.3) is 0 Å². The number of aromatic amines is 1. The molecular weight excluding hydrogens is 318 g/mol. The maximum absolute atomic E-state index is 12.0. The van der Waals surface area contributed by atoms with Crippen LogP contribution in [0.5, 0.6) is 0 Å². The van der Waals surface area contributed by atoms with Gasteiger partial charge in [0.05, 0.1) is 6.20 Å². The molecule has 0 aliphatic rings. The predicted octanol–water partition coefficient (Wildman–Crippen LogP) is 2.06. The van der Waals surface area contributed by atoms with Crippen LogP contribution in [0.4, 0.5) is 0 Å². The van der Waals surface area contributed by atoms with E-state index in [1.54, 1.807) is 0 Å². The number of H-pyrrole nitrogens is 1. The number of sulfonamides is 1. The molecule has 2 N–H and O–H groups in total.